The van der Waals surface area contributed by atoms with Crippen molar-refractivity contribution in [3.8, 4) is 0 Å². The normalized spacial score (nSPS) is 18.4. The molecule has 0 unspecified atom stereocenters. The molecule has 24 heavy (non-hydrogen) atoms. The molecule has 1 amide bonds. The molecule has 0 aromatic carbocycles. The monoisotopic (exact) mass is 326 g/mol. The maximum Gasteiger partial charge on any atom is 0.514 e. The SMILES string of the molecule is CC1(C)OB(c2cccc(NC(=O)c3cnccn3)n2)OC1(C)C. The van der Waals surface area contributed by atoms with Crippen molar-refractivity contribution in [3.63, 3.8) is 0 Å². The summed E-state index contributed by atoms with van der Waals surface area (Å²) in [4.78, 5) is 24.4. The fourth-order valence-electron chi connectivity index (χ4n) is 2.21. The van der Waals surface area contributed by atoms with Crippen LogP contribution in [0.2, 0.25) is 0 Å². The molecule has 1 N–H and O–H groups in total. The van der Waals surface area contributed by atoms with Crippen molar-refractivity contribution in [2.75, 3.05) is 5.32 Å². The molecule has 3 heterocycles. The summed E-state index contributed by atoms with van der Waals surface area (Å²) in [6, 6.07) is 5.29. The summed E-state index contributed by atoms with van der Waals surface area (Å²) < 4.78 is 11.9. The zero-order valence-corrected chi connectivity index (χ0v) is 14.1. The van der Waals surface area contributed by atoms with Crippen LogP contribution in [0.5, 0.6) is 0 Å². The minimum Gasteiger partial charge on any atom is -0.398 e. The van der Waals surface area contributed by atoms with Crippen molar-refractivity contribution in [2.45, 2.75) is 38.9 Å². The molecule has 1 fully saturated rings. The Balaban J connectivity index is 1.77. The fraction of sp³-hybridized carbons (Fsp3) is 0.375. The summed E-state index contributed by atoms with van der Waals surface area (Å²) >= 11 is 0. The largest absolute Gasteiger partial charge is 0.514 e. The maximum absolute atomic E-state index is 12.1. The van der Waals surface area contributed by atoms with Gasteiger partial charge in [0.1, 0.15) is 11.5 Å². The molecule has 2 aromatic rings. The molecule has 8 heteroatoms. The number of aromatic nitrogens is 3. The lowest BCUT2D eigenvalue weighted by Crippen LogP contribution is -2.41. The summed E-state index contributed by atoms with van der Waals surface area (Å²) in [6.07, 6.45) is 4.37. The Hall–Kier alpha value is -2.32. The number of pyridine rings is 1. The molecule has 0 spiro atoms. The van der Waals surface area contributed by atoms with E-state index < -0.39 is 18.3 Å². The Morgan fingerprint density at radius 2 is 1.83 bits per heavy atom. The van der Waals surface area contributed by atoms with E-state index in [9.17, 15) is 4.79 Å². The van der Waals surface area contributed by atoms with Crippen LogP contribution in [0.15, 0.2) is 36.8 Å². The predicted molar refractivity (Wildman–Crippen MR) is 89.9 cm³/mol. The van der Waals surface area contributed by atoms with Gasteiger partial charge in [-0.3, -0.25) is 9.78 Å². The van der Waals surface area contributed by atoms with Gasteiger partial charge in [-0.2, -0.15) is 0 Å². The van der Waals surface area contributed by atoms with Gasteiger partial charge in [-0.05, 0) is 39.8 Å². The molecule has 7 nitrogen and oxygen atoms in total. The number of nitrogens with one attached hydrogen (secondary N) is 1. The molecular weight excluding hydrogens is 307 g/mol. The van der Waals surface area contributed by atoms with Crippen molar-refractivity contribution in [2.24, 2.45) is 0 Å². The van der Waals surface area contributed by atoms with Crippen molar-refractivity contribution < 1.29 is 14.1 Å². The summed E-state index contributed by atoms with van der Waals surface area (Å²) in [5, 5.41) is 2.70. The van der Waals surface area contributed by atoms with Crippen LogP contribution in [0.3, 0.4) is 0 Å². The Morgan fingerprint density at radius 1 is 1.12 bits per heavy atom. The number of anilines is 1. The van der Waals surface area contributed by atoms with E-state index in [2.05, 4.69) is 20.3 Å². The number of nitrogens with zero attached hydrogens (tertiary/aromatic N) is 3. The smallest absolute Gasteiger partial charge is 0.398 e. The first-order chi connectivity index (χ1) is 11.3. The summed E-state index contributed by atoms with van der Waals surface area (Å²) in [5.74, 6) is 0.0273. The van der Waals surface area contributed by atoms with E-state index in [1.165, 1.54) is 18.6 Å². The molecule has 1 aliphatic heterocycles. The zero-order chi connectivity index (χ0) is 17.4. The van der Waals surface area contributed by atoms with Crippen LogP contribution in [0.1, 0.15) is 38.2 Å². The van der Waals surface area contributed by atoms with Crippen molar-refractivity contribution in [1.82, 2.24) is 15.0 Å². The van der Waals surface area contributed by atoms with Gasteiger partial charge in [0.2, 0.25) is 0 Å². The van der Waals surface area contributed by atoms with Crippen LogP contribution < -0.4 is 10.9 Å². The second kappa shape index (κ2) is 5.96. The summed E-state index contributed by atoms with van der Waals surface area (Å²) in [6.45, 7) is 7.92. The third-order valence-electron chi connectivity index (χ3n) is 4.30. The van der Waals surface area contributed by atoms with E-state index in [0.717, 1.165) is 0 Å². The van der Waals surface area contributed by atoms with E-state index in [0.29, 0.717) is 11.4 Å². The number of amides is 1. The van der Waals surface area contributed by atoms with Crippen LogP contribution in [0.25, 0.3) is 0 Å². The van der Waals surface area contributed by atoms with E-state index in [1.54, 1.807) is 18.2 Å². The van der Waals surface area contributed by atoms with Crippen LogP contribution in [0, 0.1) is 0 Å². The van der Waals surface area contributed by atoms with Gasteiger partial charge in [0.05, 0.1) is 23.0 Å². The molecular formula is C16H19BN4O3. The number of hydrogen-bond donors (Lipinski definition) is 1. The highest BCUT2D eigenvalue weighted by Crippen LogP contribution is 2.36. The minimum absolute atomic E-state index is 0.223. The van der Waals surface area contributed by atoms with Gasteiger partial charge < -0.3 is 14.6 Å². The maximum atomic E-state index is 12.1. The third-order valence-corrected chi connectivity index (χ3v) is 4.30. The Kier molecular flexibility index (Phi) is 4.10. The van der Waals surface area contributed by atoms with Gasteiger partial charge >= 0.3 is 7.12 Å². The topological polar surface area (TPSA) is 86.2 Å². The lowest BCUT2D eigenvalue weighted by atomic mass is 9.84. The van der Waals surface area contributed by atoms with Crippen LogP contribution >= 0.6 is 0 Å². The lowest BCUT2D eigenvalue weighted by molar-refractivity contribution is 0.00578. The quantitative estimate of drug-likeness (QED) is 0.859. The second-order valence-electron chi connectivity index (χ2n) is 6.58. The van der Waals surface area contributed by atoms with Gasteiger partial charge in [0.15, 0.2) is 0 Å². The number of rotatable bonds is 3. The number of hydrogen-bond acceptors (Lipinski definition) is 6. The van der Waals surface area contributed by atoms with E-state index in [4.69, 9.17) is 9.31 Å². The fourth-order valence-corrected chi connectivity index (χ4v) is 2.21. The zero-order valence-electron chi connectivity index (χ0n) is 14.1. The number of carbonyl (C=O) groups is 1. The summed E-state index contributed by atoms with van der Waals surface area (Å²) in [5.41, 5.74) is -0.0675. The van der Waals surface area contributed by atoms with Gasteiger partial charge in [-0.25, -0.2) is 9.97 Å². The Morgan fingerprint density at radius 3 is 2.46 bits per heavy atom. The standard InChI is InChI=1S/C16H19BN4O3/c1-15(2)16(3,4)24-17(23-15)12-6-5-7-13(20-12)21-14(22)11-10-18-8-9-19-11/h5-10H,1-4H3,(H,20,21,22). The molecule has 124 valence electrons. The first-order valence-electron chi connectivity index (χ1n) is 7.68. The van der Waals surface area contributed by atoms with Crippen LogP contribution in [-0.4, -0.2) is 39.2 Å². The van der Waals surface area contributed by atoms with Crippen molar-refractivity contribution in [3.05, 3.63) is 42.5 Å². The molecule has 3 rings (SSSR count). The molecule has 0 bridgehead atoms. The molecule has 0 aliphatic carbocycles. The highest BCUT2D eigenvalue weighted by atomic mass is 16.7. The van der Waals surface area contributed by atoms with E-state index in [-0.39, 0.29) is 11.6 Å². The van der Waals surface area contributed by atoms with Crippen molar-refractivity contribution >= 4 is 24.4 Å². The third kappa shape index (κ3) is 3.15. The average Bonchev–Trinajstić information content (AvgIpc) is 2.76. The van der Waals surface area contributed by atoms with Gasteiger partial charge in [-0.1, -0.05) is 6.07 Å². The Bertz CT molecular complexity index is 736. The first-order valence-corrected chi connectivity index (χ1v) is 7.68. The van der Waals surface area contributed by atoms with Crippen LogP contribution in [0.4, 0.5) is 5.82 Å². The molecule has 0 atom stereocenters. The molecule has 1 aliphatic rings. The second-order valence-corrected chi connectivity index (χ2v) is 6.58. The van der Waals surface area contributed by atoms with E-state index in [1.807, 2.05) is 27.7 Å². The van der Waals surface area contributed by atoms with E-state index >= 15 is 0 Å². The lowest BCUT2D eigenvalue weighted by Gasteiger charge is -2.32. The number of carbonyl (C=O) groups excluding carboxylic acids is 1. The van der Waals surface area contributed by atoms with Crippen molar-refractivity contribution in [1.29, 1.82) is 0 Å². The average molecular weight is 326 g/mol. The van der Waals surface area contributed by atoms with Gasteiger partial charge in [-0.15, -0.1) is 0 Å². The molecule has 2 aromatic heterocycles. The molecule has 1 saturated heterocycles. The molecule has 0 radical (unpaired) electrons. The first kappa shape index (κ1) is 16.5. The minimum atomic E-state index is -0.580. The van der Waals surface area contributed by atoms with Gasteiger partial charge in [0, 0.05) is 12.4 Å². The highest BCUT2D eigenvalue weighted by Gasteiger charge is 2.52. The summed E-state index contributed by atoms with van der Waals surface area (Å²) in [7, 11) is -0.580. The molecule has 0 saturated carbocycles. The van der Waals surface area contributed by atoms with Crippen LogP contribution in [-0.2, 0) is 9.31 Å². The Labute approximate surface area is 141 Å². The van der Waals surface area contributed by atoms with Gasteiger partial charge in [0.25, 0.3) is 5.91 Å². The highest BCUT2D eigenvalue weighted by molar-refractivity contribution is 6.61. The predicted octanol–water partition coefficient (Wildman–Crippen LogP) is 1.42.